The first-order valence-corrected chi connectivity index (χ1v) is 22.3. The van der Waals surface area contributed by atoms with E-state index in [4.69, 9.17) is 4.42 Å². The van der Waals surface area contributed by atoms with E-state index in [1.54, 1.807) is 0 Å². The molecule has 0 saturated heterocycles. The van der Waals surface area contributed by atoms with Crippen molar-refractivity contribution in [2.24, 2.45) is 0 Å². The minimum Gasteiger partial charge on any atom is -0.441 e. The minimum absolute atomic E-state index is 0.0110. The highest BCUT2D eigenvalue weighted by Gasteiger charge is 2.44. The highest BCUT2D eigenvalue weighted by Crippen LogP contribution is 2.49. The molecule has 13 rings (SSSR count). The molecule has 0 aliphatic carbocycles. The van der Waals surface area contributed by atoms with Crippen LogP contribution in [0.15, 0.2) is 174 Å². The predicted octanol–water partition coefficient (Wildman–Crippen LogP) is 13.7. The number of nitrogens with zero attached hydrogens (tertiary/aromatic N) is 2. The molecule has 5 heterocycles. The molecule has 0 bridgehead atoms. The van der Waals surface area contributed by atoms with Gasteiger partial charge in [-0.05, 0) is 86.0 Å². The largest absolute Gasteiger partial charge is 0.441 e. The van der Waals surface area contributed by atoms with Crippen molar-refractivity contribution < 1.29 is 4.42 Å². The zero-order valence-corrected chi connectivity index (χ0v) is 35.2. The van der Waals surface area contributed by atoms with E-state index >= 15 is 0 Å². The fourth-order valence-electron chi connectivity index (χ4n) is 10.7. The maximum atomic E-state index is 7.00. The summed E-state index contributed by atoms with van der Waals surface area (Å²) in [7, 11) is 0. The topological polar surface area (TPSA) is 21.3 Å². The van der Waals surface area contributed by atoms with Crippen LogP contribution in [-0.2, 0) is 18.4 Å². The highest BCUT2D eigenvalue weighted by atomic mass is 32.1. The standard InChI is InChI=1S/C56H41BN2OS/c1-56(2,3)38-26-25-37(43(32-38)36-17-8-5-9-18-36)33-58-46-31-35(29-34-15-6-4-7-16-34)30-44-39-21-14-22-42-50-40-19-10-12-23-47(40)60-55(50)59(53(39)42)57(52(44)46)45-27-28-49-51(54(45)58)41-20-11-13-24-48(41)61-49/h4-28,30-32H,29,33H2,1-3H3. The number of aromatic nitrogens is 1. The van der Waals surface area contributed by atoms with E-state index < -0.39 is 0 Å². The van der Waals surface area contributed by atoms with Gasteiger partial charge in [-0.15, -0.1) is 11.3 Å². The van der Waals surface area contributed by atoms with Crippen molar-refractivity contribution in [1.29, 1.82) is 0 Å². The number of hydrogen-bond acceptors (Lipinski definition) is 3. The number of thiophene rings is 1. The molecular weight excluding hydrogens is 760 g/mol. The van der Waals surface area contributed by atoms with Gasteiger partial charge in [0.25, 0.3) is 0 Å². The van der Waals surface area contributed by atoms with E-state index in [9.17, 15) is 0 Å². The second-order valence-corrected chi connectivity index (χ2v) is 19.1. The molecule has 2 aliphatic rings. The summed E-state index contributed by atoms with van der Waals surface area (Å²) in [6.07, 6.45) is 0.845. The summed E-state index contributed by atoms with van der Waals surface area (Å²) < 4.78 is 12.2. The smallest absolute Gasteiger partial charge is 0.336 e. The third-order valence-corrected chi connectivity index (χ3v) is 14.6. The van der Waals surface area contributed by atoms with Crippen LogP contribution >= 0.6 is 11.3 Å². The first-order chi connectivity index (χ1) is 29.9. The van der Waals surface area contributed by atoms with E-state index in [2.05, 4.69) is 200 Å². The molecule has 5 heteroatoms. The first kappa shape index (κ1) is 35.0. The van der Waals surface area contributed by atoms with Crippen LogP contribution in [0, 0.1) is 0 Å². The van der Waals surface area contributed by atoms with Gasteiger partial charge in [-0.25, -0.2) is 0 Å². The number of para-hydroxylation sites is 2. The van der Waals surface area contributed by atoms with Crippen LogP contribution in [0.5, 0.6) is 0 Å². The van der Waals surface area contributed by atoms with Gasteiger partial charge in [0.2, 0.25) is 0 Å². The Hall–Kier alpha value is -6.82. The minimum atomic E-state index is -0.0996. The molecule has 3 nitrogen and oxygen atoms in total. The molecule has 2 aliphatic heterocycles. The van der Waals surface area contributed by atoms with E-state index in [-0.39, 0.29) is 12.3 Å². The fraction of sp³-hybridized carbons (Fsp3) is 0.107. The van der Waals surface area contributed by atoms with Gasteiger partial charge >= 0.3 is 6.85 Å². The Labute approximate surface area is 359 Å². The van der Waals surface area contributed by atoms with Gasteiger partial charge in [0, 0.05) is 59.9 Å². The molecule has 61 heavy (non-hydrogen) atoms. The van der Waals surface area contributed by atoms with Gasteiger partial charge in [0.1, 0.15) is 5.58 Å². The van der Waals surface area contributed by atoms with Crippen LogP contribution < -0.4 is 15.8 Å². The second kappa shape index (κ2) is 12.8. The Balaban J connectivity index is 1.16. The van der Waals surface area contributed by atoms with Crippen LogP contribution in [0.2, 0.25) is 0 Å². The Morgan fingerprint density at radius 1 is 0.590 bits per heavy atom. The zero-order valence-electron chi connectivity index (χ0n) is 34.4. The number of rotatable bonds is 5. The molecular formula is C56H41BN2OS. The number of hydrogen-bond donors (Lipinski definition) is 0. The molecule has 0 amide bonds. The maximum absolute atomic E-state index is 7.00. The third-order valence-electron chi connectivity index (χ3n) is 13.4. The summed E-state index contributed by atoms with van der Waals surface area (Å²) in [6, 6.07) is 63.4. The monoisotopic (exact) mass is 800 g/mol. The summed E-state index contributed by atoms with van der Waals surface area (Å²) in [4.78, 5) is 2.70. The van der Waals surface area contributed by atoms with Crippen LogP contribution in [-0.4, -0.2) is 11.3 Å². The van der Waals surface area contributed by atoms with Crippen LogP contribution in [0.25, 0.3) is 75.4 Å². The van der Waals surface area contributed by atoms with Crippen molar-refractivity contribution in [3.8, 4) is 22.3 Å². The summed E-state index contributed by atoms with van der Waals surface area (Å²) in [5.74, 6) is 0. The zero-order chi connectivity index (χ0) is 40.6. The van der Waals surface area contributed by atoms with E-state index in [0.29, 0.717) is 6.54 Å². The summed E-state index contributed by atoms with van der Waals surface area (Å²) in [5.41, 5.74) is 18.7. The molecule has 0 N–H and O–H groups in total. The van der Waals surface area contributed by atoms with Crippen molar-refractivity contribution in [2.45, 2.75) is 39.2 Å². The average molecular weight is 801 g/mol. The van der Waals surface area contributed by atoms with E-state index in [0.717, 1.165) is 17.7 Å². The number of fused-ring (bicyclic) bond motifs is 13. The number of benzene rings is 8. The predicted molar refractivity (Wildman–Crippen MR) is 260 cm³/mol. The van der Waals surface area contributed by atoms with Gasteiger partial charge in [-0.3, -0.25) is 0 Å². The Bertz CT molecular complexity index is 3590. The molecule has 0 radical (unpaired) electrons. The summed E-state index contributed by atoms with van der Waals surface area (Å²) >= 11 is 1.90. The van der Waals surface area contributed by atoms with Gasteiger partial charge < -0.3 is 13.8 Å². The molecule has 0 fully saturated rings. The van der Waals surface area contributed by atoms with Crippen LogP contribution in [0.4, 0.5) is 11.4 Å². The molecule has 3 aromatic heterocycles. The number of furan rings is 1. The summed E-state index contributed by atoms with van der Waals surface area (Å²) in [5, 5.41) is 6.25. The first-order valence-electron chi connectivity index (χ1n) is 21.4. The second-order valence-electron chi connectivity index (χ2n) is 18.0. The SMILES string of the molecule is CC(C)(C)c1ccc(CN2c3cc(Cc4ccccc4)cc4c3B(c3ccc5sc6ccccc6c5c32)n2c3oc5ccccc5c3c3cccc-4c32)c(-c2ccccc2)c1. The molecule has 0 atom stereocenters. The summed E-state index contributed by atoms with van der Waals surface area (Å²) in [6.45, 7) is 7.56. The number of anilines is 2. The molecule has 290 valence electrons. The lowest BCUT2D eigenvalue weighted by Gasteiger charge is -2.41. The Kier molecular flexibility index (Phi) is 7.37. The molecule has 0 unspecified atom stereocenters. The molecule has 11 aromatic rings. The van der Waals surface area contributed by atoms with Gasteiger partial charge in [-0.1, -0.05) is 166 Å². The van der Waals surface area contributed by atoms with Gasteiger partial charge in [0.15, 0.2) is 5.71 Å². The van der Waals surface area contributed by atoms with E-state index in [1.165, 1.54) is 109 Å². The molecule has 0 spiro atoms. The lowest BCUT2D eigenvalue weighted by atomic mass is 9.45. The quantitative estimate of drug-likeness (QED) is 0.162. The van der Waals surface area contributed by atoms with Crippen LogP contribution in [0.1, 0.15) is 43.0 Å². The van der Waals surface area contributed by atoms with Crippen molar-refractivity contribution >= 4 is 93.6 Å². The van der Waals surface area contributed by atoms with Crippen LogP contribution in [0.3, 0.4) is 0 Å². The maximum Gasteiger partial charge on any atom is 0.336 e. The molecule has 0 saturated carbocycles. The lowest BCUT2D eigenvalue weighted by Crippen LogP contribution is -2.57. The average Bonchev–Trinajstić information content (AvgIpc) is 3.96. The van der Waals surface area contributed by atoms with Gasteiger partial charge in [0.05, 0.1) is 5.39 Å². The van der Waals surface area contributed by atoms with Crippen molar-refractivity contribution in [1.82, 2.24) is 4.48 Å². The Morgan fingerprint density at radius 3 is 2.18 bits per heavy atom. The fourth-order valence-corrected chi connectivity index (χ4v) is 11.8. The van der Waals surface area contributed by atoms with Crippen molar-refractivity contribution in [3.63, 3.8) is 0 Å². The molecule has 8 aromatic carbocycles. The highest BCUT2D eigenvalue weighted by molar-refractivity contribution is 7.26. The van der Waals surface area contributed by atoms with Crippen molar-refractivity contribution in [2.75, 3.05) is 4.90 Å². The van der Waals surface area contributed by atoms with Gasteiger partial charge in [-0.2, -0.15) is 0 Å². The normalized spacial score (nSPS) is 13.2. The third kappa shape index (κ3) is 5.11. The van der Waals surface area contributed by atoms with E-state index in [1.807, 2.05) is 11.3 Å². The lowest BCUT2D eigenvalue weighted by molar-refractivity contribution is 0.590. The van der Waals surface area contributed by atoms with Crippen molar-refractivity contribution in [3.05, 3.63) is 192 Å². The Morgan fingerprint density at radius 2 is 1.34 bits per heavy atom.